The van der Waals surface area contributed by atoms with Crippen LogP contribution in [0.25, 0.3) is 0 Å². The summed E-state index contributed by atoms with van der Waals surface area (Å²) in [6.45, 7) is 5.72. The number of hydrogen-bond acceptors (Lipinski definition) is 3. The Balaban J connectivity index is 2.68. The average Bonchev–Trinajstić information content (AvgIpc) is 2.59. The van der Waals surface area contributed by atoms with Crippen molar-refractivity contribution in [2.45, 2.75) is 32.9 Å². The zero-order valence-corrected chi connectivity index (χ0v) is 11.1. The first-order valence-electron chi connectivity index (χ1n) is 5.16. The molecule has 0 fully saturated rings. The molecule has 0 amide bonds. The molecule has 3 nitrogen and oxygen atoms in total. The topological polar surface area (TPSA) is 49.3 Å². The molecule has 0 saturated heterocycles. The molecule has 0 saturated carbocycles. The van der Waals surface area contributed by atoms with Crippen LogP contribution in [0.4, 0.5) is 0 Å². The van der Waals surface area contributed by atoms with Gasteiger partial charge in [-0.2, -0.15) is 0 Å². The maximum absolute atomic E-state index is 11.0. The van der Waals surface area contributed by atoms with Crippen LogP contribution >= 0.6 is 22.9 Å². The van der Waals surface area contributed by atoms with Gasteiger partial charge in [-0.05, 0) is 25.0 Å². The molecule has 1 rings (SSSR count). The van der Waals surface area contributed by atoms with Gasteiger partial charge in [0.2, 0.25) is 0 Å². The summed E-state index contributed by atoms with van der Waals surface area (Å²) in [5.41, 5.74) is 0. The van der Waals surface area contributed by atoms with Gasteiger partial charge in [-0.3, -0.25) is 10.1 Å². The van der Waals surface area contributed by atoms with Crippen LogP contribution in [0.5, 0.6) is 0 Å². The van der Waals surface area contributed by atoms with Gasteiger partial charge < -0.3 is 5.11 Å². The van der Waals surface area contributed by atoms with E-state index in [1.165, 1.54) is 11.3 Å². The second-order valence-electron chi connectivity index (χ2n) is 4.09. The predicted molar refractivity (Wildman–Crippen MR) is 67.1 cm³/mol. The van der Waals surface area contributed by atoms with E-state index < -0.39 is 12.0 Å². The zero-order chi connectivity index (χ0) is 12.3. The van der Waals surface area contributed by atoms with Crippen molar-refractivity contribution in [3.05, 3.63) is 21.3 Å². The second kappa shape index (κ2) is 5.66. The van der Waals surface area contributed by atoms with Crippen LogP contribution in [0.15, 0.2) is 12.1 Å². The lowest BCUT2D eigenvalue weighted by Crippen LogP contribution is -2.41. The Morgan fingerprint density at radius 2 is 2.06 bits per heavy atom. The summed E-state index contributed by atoms with van der Waals surface area (Å²) >= 11 is 7.31. The first-order chi connectivity index (χ1) is 7.41. The SMILES string of the molecule is CC(NC(C(=O)O)C(C)C)c1ccc(Cl)s1. The number of halogens is 1. The fourth-order valence-corrected chi connectivity index (χ4v) is 2.53. The smallest absolute Gasteiger partial charge is 0.320 e. The van der Waals surface area contributed by atoms with E-state index in [0.717, 1.165) is 9.21 Å². The minimum Gasteiger partial charge on any atom is -0.480 e. The van der Waals surface area contributed by atoms with E-state index in [-0.39, 0.29) is 12.0 Å². The van der Waals surface area contributed by atoms with Crippen molar-refractivity contribution in [1.29, 1.82) is 0 Å². The minimum atomic E-state index is -0.815. The fraction of sp³-hybridized carbons (Fsp3) is 0.545. The summed E-state index contributed by atoms with van der Waals surface area (Å²) in [5.74, 6) is -0.764. The molecular weight excluding hydrogens is 246 g/mol. The molecule has 2 N–H and O–H groups in total. The van der Waals surface area contributed by atoms with Crippen LogP contribution in [0.1, 0.15) is 31.7 Å². The molecule has 16 heavy (non-hydrogen) atoms. The number of carboxylic acid groups (broad SMARTS) is 1. The van der Waals surface area contributed by atoms with Gasteiger partial charge in [-0.25, -0.2) is 0 Å². The lowest BCUT2D eigenvalue weighted by atomic mass is 10.0. The lowest BCUT2D eigenvalue weighted by Gasteiger charge is -2.22. The highest BCUT2D eigenvalue weighted by Gasteiger charge is 2.23. The largest absolute Gasteiger partial charge is 0.480 e. The van der Waals surface area contributed by atoms with E-state index in [2.05, 4.69) is 5.32 Å². The number of rotatable bonds is 5. The molecule has 0 aliphatic heterocycles. The van der Waals surface area contributed by atoms with Crippen LogP contribution in [-0.2, 0) is 4.79 Å². The molecule has 1 heterocycles. The zero-order valence-electron chi connectivity index (χ0n) is 9.53. The first kappa shape index (κ1) is 13.5. The van der Waals surface area contributed by atoms with E-state index in [0.29, 0.717) is 0 Å². The van der Waals surface area contributed by atoms with Crippen LogP contribution in [0, 0.1) is 5.92 Å². The summed E-state index contributed by atoms with van der Waals surface area (Å²) in [6, 6.07) is 3.21. The molecule has 2 unspecified atom stereocenters. The van der Waals surface area contributed by atoms with Gasteiger partial charge in [0.15, 0.2) is 0 Å². The highest BCUT2D eigenvalue weighted by Crippen LogP contribution is 2.27. The third-order valence-corrected chi connectivity index (χ3v) is 3.80. The number of carbonyl (C=O) groups is 1. The van der Waals surface area contributed by atoms with Gasteiger partial charge >= 0.3 is 5.97 Å². The van der Waals surface area contributed by atoms with Crippen molar-refractivity contribution in [2.75, 3.05) is 0 Å². The highest BCUT2D eigenvalue weighted by atomic mass is 35.5. The third kappa shape index (κ3) is 3.47. The Kier molecular flexibility index (Phi) is 4.77. The highest BCUT2D eigenvalue weighted by molar-refractivity contribution is 7.16. The molecule has 2 atom stereocenters. The summed E-state index contributed by atoms with van der Waals surface area (Å²) < 4.78 is 0.722. The maximum atomic E-state index is 11.0. The van der Waals surface area contributed by atoms with Crippen LogP contribution in [0.2, 0.25) is 4.34 Å². The van der Waals surface area contributed by atoms with E-state index in [4.69, 9.17) is 16.7 Å². The summed E-state index contributed by atoms with van der Waals surface area (Å²) in [4.78, 5) is 12.1. The van der Waals surface area contributed by atoms with Crippen molar-refractivity contribution in [3.8, 4) is 0 Å². The van der Waals surface area contributed by atoms with Crippen molar-refractivity contribution >= 4 is 28.9 Å². The lowest BCUT2D eigenvalue weighted by molar-refractivity contribution is -0.140. The number of aliphatic carboxylic acids is 1. The molecule has 0 bridgehead atoms. The Hall–Kier alpha value is -0.580. The Labute approximate surface area is 104 Å². The van der Waals surface area contributed by atoms with Gasteiger partial charge in [0.05, 0.1) is 4.34 Å². The van der Waals surface area contributed by atoms with E-state index in [1.54, 1.807) is 0 Å². The molecule has 0 aliphatic carbocycles. The summed E-state index contributed by atoms with van der Waals surface area (Å²) in [5, 5.41) is 12.2. The molecule has 0 radical (unpaired) electrons. The maximum Gasteiger partial charge on any atom is 0.320 e. The second-order valence-corrected chi connectivity index (χ2v) is 5.84. The predicted octanol–water partition coefficient (Wildman–Crippen LogP) is 3.16. The Morgan fingerprint density at radius 1 is 1.44 bits per heavy atom. The van der Waals surface area contributed by atoms with Crippen molar-refractivity contribution in [1.82, 2.24) is 5.32 Å². The molecule has 0 aromatic carbocycles. The van der Waals surface area contributed by atoms with Gasteiger partial charge in [0.25, 0.3) is 0 Å². The minimum absolute atomic E-state index is 0.000926. The van der Waals surface area contributed by atoms with Crippen molar-refractivity contribution < 1.29 is 9.90 Å². The standard InChI is InChI=1S/C11H16ClNO2S/c1-6(2)10(11(14)15)13-7(3)8-4-5-9(12)16-8/h4-7,10,13H,1-3H3,(H,14,15). The third-order valence-electron chi connectivity index (χ3n) is 2.38. The summed E-state index contributed by atoms with van der Waals surface area (Å²) in [7, 11) is 0. The molecule has 90 valence electrons. The van der Waals surface area contributed by atoms with E-state index in [1.807, 2.05) is 32.9 Å². The monoisotopic (exact) mass is 261 g/mol. The average molecular weight is 262 g/mol. The number of nitrogens with one attached hydrogen (secondary N) is 1. The summed E-state index contributed by atoms with van der Waals surface area (Å²) in [6.07, 6.45) is 0. The fourth-order valence-electron chi connectivity index (χ4n) is 1.46. The van der Waals surface area contributed by atoms with Gasteiger partial charge in [-0.1, -0.05) is 25.4 Å². The molecule has 1 aromatic heterocycles. The van der Waals surface area contributed by atoms with Crippen LogP contribution in [0.3, 0.4) is 0 Å². The van der Waals surface area contributed by atoms with E-state index in [9.17, 15) is 4.79 Å². The molecule has 0 aliphatic rings. The number of carboxylic acids is 1. The van der Waals surface area contributed by atoms with Crippen molar-refractivity contribution in [2.24, 2.45) is 5.92 Å². The Bertz CT molecular complexity index is 365. The molecule has 1 aromatic rings. The molecule has 5 heteroatoms. The normalized spacial score (nSPS) is 15.1. The van der Waals surface area contributed by atoms with Gasteiger partial charge in [0.1, 0.15) is 6.04 Å². The number of thiophene rings is 1. The van der Waals surface area contributed by atoms with E-state index >= 15 is 0 Å². The van der Waals surface area contributed by atoms with Gasteiger partial charge in [0, 0.05) is 10.9 Å². The van der Waals surface area contributed by atoms with Crippen molar-refractivity contribution in [3.63, 3.8) is 0 Å². The van der Waals surface area contributed by atoms with Crippen LogP contribution in [-0.4, -0.2) is 17.1 Å². The number of hydrogen-bond donors (Lipinski definition) is 2. The van der Waals surface area contributed by atoms with Crippen LogP contribution < -0.4 is 5.32 Å². The Morgan fingerprint density at radius 3 is 2.44 bits per heavy atom. The molecular formula is C11H16ClNO2S. The van der Waals surface area contributed by atoms with Gasteiger partial charge in [-0.15, -0.1) is 11.3 Å². The quantitative estimate of drug-likeness (QED) is 0.856. The first-order valence-corrected chi connectivity index (χ1v) is 6.35. The molecule has 0 spiro atoms.